The Balaban J connectivity index is 0.000000208. The van der Waals surface area contributed by atoms with E-state index in [0.29, 0.717) is 70.8 Å². The number of pyridine rings is 2. The van der Waals surface area contributed by atoms with Gasteiger partial charge in [-0.2, -0.15) is 0 Å². The Morgan fingerprint density at radius 2 is 1.11 bits per heavy atom. The van der Waals surface area contributed by atoms with Gasteiger partial charge in [0.05, 0.1) is 63.7 Å². The Kier molecular flexibility index (Phi) is 11.7. The predicted molar refractivity (Wildman–Crippen MR) is 216 cm³/mol. The summed E-state index contributed by atoms with van der Waals surface area (Å²) in [5, 5.41) is 11.6. The molecular weight excluding hydrogens is 735 g/mol. The maximum Gasteiger partial charge on any atom is 0.325 e. The molecule has 0 atom stereocenters. The molecule has 0 saturated heterocycles. The molecule has 4 aromatic carbocycles. The van der Waals surface area contributed by atoms with E-state index < -0.39 is 11.9 Å². The van der Waals surface area contributed by atoms with Gasteiger partial charge in [0, 0.05) is 22.1 Å². The van der Waals surface area contributed by atoms with E-state index in [4.69, 9.17) is 48.9 Å². The summed E-state index contributed by atoms with van der Waals surface area (Å²) in [6.45, 7) is 9.58. The second-order valence-corrected chi connectivity index (χ2v) is 14.1. The van der Waals surface area contributed by atoms with Gasteiger partial charge in [-0.1, -0.05) is 50.9 Å². The number of nitrogens with zero attached hydrogens (tertiary/aromatic N) is 2. The van der Waals surface area contributed by atoms with Crippen molar-refractivity contribution in [1.82, 2.24) is 9.13 Å². The van der Waals surface area contributed by atoms with Gasteiger partial charge in [0.1, 0.15) is 13.1 Å². The molecule has 0 saturated carbocycles. The number of halogens is 2. The number of anilines is 2. The highest BCUT2D eigenvalue weighted by atomic mass is 35.5. The number of fused-ring (bicyclic) bond motifs is 4. The Labute approximate surface area is 320 Å². The summed E-state index contributed by atoms with van der Waals surface area (Å²) >= 11 is 12.5. The molecule has 0 fully saturated rings. The molecule has 6 rings (SSSR count). The van der Waals surface area contributed by atoms with Crippen LogP contribution in [0.2, 0.25) is 10.0 Å². The highest BCUT2D eigenvalue weighted by molar-refractivity contribution is 6.33. The lowest BCUT2D eigenvalue weighted by atomic mass is 9.98. The first-order chi connectivity index (χ1) is 25.6. The van der Waals surface area contributed by atoms with Crippen LogP contribution in [-0.2, 0) is 27.4 Å². The van der Waals surface area contributed by atoms with Crippen LogP contribution in [0.3, 0.4) is 0 Å². The third-order valence-electron chi connectivity index (χ3n) is 9.21. The van der Waals surface area contributed by atoms with E-state index >= 15 is 0 Å². The zero-order valence-corrected chi connectivity index (χ0v) is 32.5. The van der Waals surface area contributed by atoms with Crippen LogP contribution in [0.5, 0.6) is 11.5 Å². The fraction of sp³-hybridized carbons (Fsp3) is 0.300. The summed E-state index contributed by atoms with van der Waals surface area (Å²) < 4.78 is 19.3. The van der Waals surface area contributed by atoms with Gasteiger partial charge in [0.15, 0.2) is 22.4 Å². The molecule has 0 aliphatic heterocycles. The van der Waals surface area contributed by atoms with Crippen molar-refractivity contribution in [1.29, 1.82) is 0 Å². The van der Waals surface area contributed by atoms with Crippen LogP contribution in [0.4, 0.5) is 11.4 Å². The molecule has 2 aromatic heterocycles. The zero-order chi connectivity index (χ0) is 39.8. The van der Waals surface area contributed by atoms with Crippen molar-refractivity contribution in [2.24, 2.45) is 0 Å². The van der Waals surface area contributed by atoms with Gasteiger partial charge in [-0.3, -0.25) is 19.2 Å². The standard InChI is InChI=1S/C21H23ClN2O4.C19H19ClN2O4/c1-5-28-18(25)10-24-17-9-13(11(2)3)16(23)8-14(17)20(26)12-6-7-15(22)21(27-4)19(12)24;1-9(2)11-7-15-12(6-14(11)21)18(25)10-4-5-13(20)19(26-3)17(10)22(15)8-16(23)24/h6-9,11H,5,10,23H2,1-4H3;4-7,9H,8,21H2,1-3H3,(H,23,24). The largest absolute Gasteiger partial charge is 0.493 e. The molecule has 12 nitrogen and oxygen atoms in total. The fourth-order valence-corrected chi connectivity index (χ4v) is 7.23. The summed E-state index contributed by atoms with van der Waals surface area (Å²) in [6.07, 6.45) is 0. The van der Waals surface area contributed by atoms with Gasteiger partial charge in [0.25, 0.3) is 0 Å². The van der Waals surface area contributed by atoms with E-state index in [0.717, 1.165) is 11.1 Å². The number of aromatic nitrogens is 2. The molecule has 0 bridgehead atoms. The molecule has 0 unspecified atom stereocenters. The first-order valence-corrected chi connectivity index (χ1v) is 17.9. The number of carbonyl (C=O) groups is 2. The van der Waals surface area contributed by atoms with Crippen LogP contribution in [0.25, 0.3) is 43.6 Å². The van der Waals surface area contributed by atoms with Crippen molar-refractivity contribution in [3.8, 4) is 11.5 Å². The molecule has 14 heteroatoms. The number of nitrogens with two attached hydrogens (primary N) is 2. The highest BCUT2D eigenvalue weighted by Crippen LogP contribution is 2.37. The number of benzene rings is 4. The third-order valence-corrected chi connectivity index (χ3v) is 9.80. The molecule has 0 amide bonds. The van der Waals surface area contributed by atoms with Crippen molar-refractivity contribution in [2.75, 3.05) is 32.3 Å². The van der Waals surface area contributed by atoms with Crippen molar-refractivity contribution >= 4 is 90.1 Å². The lowest BCUT2D eigenvalue weighted by Gasteiger charge is -2.19. The van der Waals surface area contributed by atoms with Crippen LogP contribution >= 0.6 is 23.2 Å². The Morgan fingerprint density at radius 1 is 0.704 bits per heavy atom. The fourth-order valence-electron chi connectivity index (χ4n) is 6.77. The van der Waals surface area contributed by atoms with Crippen molar-refractivity contribution in [3.05, 3.63) is 90.1 Å². The molecule has 284 valence electrons. The van der Waals surface area contributed by atoms with Gasteiger partial charge in [-0.05, 0) is 78.4 Å². The second kappa shape index (κ2) is 15.9. The number of ether oxygens (including phenoxy) is 3. The van der Waals surface area contributed by atoms with Crippen LogP contribution in [0.15, 0.2) is 58.1 Å². The lowest BCUT2D eigenvalue weighted by Crippen LogP contribution is -2.19. The molecule has 54 heavy (non-hydrogen) atoms. The number of carboxylic acids is 1. The number of methoxy groups -OCH3 is 2. The van der Waals surface area contributed by atoms with E-state index in [-0.39, 0.29) is 48.1 Å². The predicted octanol–water partition coefficient (Wildman–Crippen LogP) is 7.69. The third kappa shape index (κ3) is 7.23. The van der Waals surface area contributed by atoms with Gasteiger partial charge >= 0.3 is 11.9 Å². The number of rotatable bonds is 9. The van der Waals surface area contributed by atoms with Gasteiger partial charge in [-0.25, -0.2) is 0 Å². The number of carboxylic acid groups (broad SMARTS) is 1. The molecule has 0 aliphatic carbocycles. The summed E-state index contributed by atoms with van der Waals surface area (Å²) in [5.41, 5.74) is 16.6. The molecule has 5 N–H and O–H groups in total. The maximum atomic E-state index is 13.2. The van der Waals surface area contributed by atoms with E-state index in [1.54, 1.807) is 58.5 Å². The van der Waals surface area contributed by atoms with Crippen LogP contribution < -0.4 is 31.8 Å². The minimum Gasteiger partial charge on any atom is -0.493 e. The summed E-state index contributed by atoms with van der Waals surface area (Å²) in [7, 11) is 2.91. The number of aliphatic carboxylic acids is 1. The van der Waals surface area contributed by atoms with E-state index in [9.17, 15) is 24.3 Å². The number of hydrogen-bond acceptors (Lipinski definition) is 9. The van der Waals surface area contributed by atoms with Crippen LogP contribution in [0, 0.1) is 0 Å². The molecule has 0 spiro atoms. The monoisotopic (exact) mass is 776 g/mol. The second-order valence-electron chi connectivity index (χ2n) is 13.3. The summed E-state index contributed by atoms with van der Waals surface area (Å²) in [6, 6.07) is 13.3. The number of nitrogen functional groups attached to an aromatic ring is 2. The molecule has 2 heterocycles. The van der Waals surface area contributed by atoms with Crippen LogP contribution in [-0.4, -0.2) is 47.0 Å². The first-order valence-electron chi connectivity index (χ1n) is 17.2. The molecule has 0 aliphatic rings. The smallest absolute Gasteiger partial charge is 0.325 e. The first kappa shape index (κ1) is 39.7. The highest BCUT2D eigenvalue weighted by Gasteiger charge is 2.22. The summed E-state index contributed by atoms with van der Waals surface area (Å²) in [5.74, 6) is -0.588. The van der Waals surface area contributed by atoms with Crippen molar-refractivity contribution in [2.45, 2.75) is 59.5 Å². The quantitative estimate of drug-likeness (QED) is 0.0749. The SMILES string of the molecule is CCOC(=O)Cn1c2cc(C(C)C)c(N)cc2c(=O)c2ccc(Cl)c(OC)c21.COc1c(Cl)ccc2c(=O)c3cc(N)c(C(C)C)cc3n(CC(=O)O)c12. The van der Waals surface area contributed by atoms with Crippen molar-refractivity contribution < 1.29 is 28.9 Å². The van der Waals surface area contributed by atoms with Gasteiger partial charge in [0.2, 0.25) is 0 Å². The maximum absolute atomic E-state index is 13.2. The topological polar surface area (TPSA) is 178 Å². The average molecular weight is 778 g/mol. The van der Waals surface area contributed by atoms with Crippen molar-refractivity contribution in [3.63, 3.8) is 0 Å². The minimum absolute atomic E-state index is 0.0841. The molecule has 0 radical (unpaired) electrons. The molecular formula is C40H42Cl2N4O8. The minimum atomic E-state index is -1.04. The molecule has 6 aromatic rings. The zero-order valence-electron chi connectivity index (χ0n) is 31.0. The average Bonchev–Trinajstić information content (AvgIpc) is 3.11. The normalized spacial score (nSPS) is 11.4. The number of hydrogen-bond donors (Lipinski definition) is 3. The summed E-state index contributed by atoms with van der Waals surface area (Å²) in [4.78, 5) is 50.1. The number of carbonyl (C=O) groups excluding carboxylic acids is 1. The van der Waals surface area contributed by atoms with E-state index in [1.807, 2.05) is 33.8 Å². The van der Waals surface area contributed by atoms with Gasteiger partial charge < -0.3 is 39.9 Å². The van der Waals surface area contributed by atoms with Crippen LogP contribution in [0.1, 0.15) is 57.6 Å². The van der Waals surface area contributed by atoms with E-state index in [1.165, 1.54) is 14.2 Å². The Bertz CT molecular complexity index is 2600. The van der Waals surface area contributed by atoms with E-state index in [2.05, 4.69) is 0 Å². The lowest BCUT2D eigenvalue weighted by molar-refractivity contribution is -0.143. The van der Waals surface area contributed by atoms with Gasteiger partial charge in [-0.15, -0.1) is 0 Å². The Morgan fingerprint density at radius 3 is 1.46 bits per heavy atom. The Hall–Kier alpha value is -5.46. The number of esters is 1.